The molecular formula is C15H14BrNO2. The Labute approximate surface area is 119 Å². The van der Waals surface area contributed by atoms with Gasteiger partial charge in [0.2, 0.25) is 0 Å². The lowest BCUT2D eigenvalue weighted by atomic mass is 9.99. The molecule has 0 radical (unpaired) electrons. The van der Waals surface area contributed by atoms with Crippen LogP contribution in [-0.2, 0) is 13.0 Å². The van der Waals surface area contributed by atoms with Gasteiger partial charge in [0.15, 0.2) is 11.0 Å². The highest BCUT2D eigenvalue weighted by molar-refractivity contribution is 9.10. The third kappa shape index (κ3) is 1.70. The first-order valence-electron chi connectivity index (χ1n) is 6.71. The summed E-state index contributed by atoms with van der Waals surface area (Å²) in [7, 11) is 0. The summed E-state index contributed by atoms with van der Waals surface area (Å²) in [6, 6.07) is 6.22. The zero-order valence-electron chi connectivity index (χ0n) is 10.5. The molecule has 1 aromatic carbocycles. The van der Waals surface area contributed by atoms with Crippen molar-refractivity contribution in [2.75, 3.05) is 6.54 Å². The molecule has 1 aromatic heterocycles. The van der Waals surface area contributed by atoms with Crippen molar-refractivity contribution in [2.45, 2.75) is 31.8 Å². The van der Waals surface area contributed by atoms with Crippen LogP contribution < -0.4 is 5.43 Å². The largest absolute Gasteiger partial charge is 0.459 e. The topological polar surface area (TPSA) is 33.5 Å². The Morgan fingerprint density at radius 2 is 2.26 bits per heavy atom. The second-order valence-corrected chi connectivity index (χ2v) is 6.27. The minimum atomic E-state index is 0.142. The van der Waals surface area contributed by atoms with Gasteiger partial charge < -0.3 is 4.42 Å². The SMILES string of the molecule is O=c1c2c(oc3c(Br)cccc13)CC1CCCN1C2. The summed E-state index contributed by atoms with van der Waals surface area (Å²) in [6.07, 6.45) is 3.33. The molecule has 1 atom stereocenters. The van der Waals surface area contributed by atoms with Gasteiger partial charge in [-0.05, 0) is 47.4 Å². The zero-order valence-corrected chi connectivity index (χ0v) is 12.1. The van der Waals surface area contributed by atoms with E-state index in [0.29, 0.717) is 17.0 Å². The molecule has 0 amide bonds. The average Bonchev–Trinajstić information content (AvgIpc) is 2.86. The third-order valence-corrected chi connectivity index (χ3v) is 4.95. The fourth-order valence-corrected chi connectivity index (χ4v) is 3.79. The third-order valence-electron chi connectivity index (χ3n) is 4.33. The first-order valence-corrected chi connectivity index (χ1v) is 7.50. The normalized spacial score (nSPS) is 22.5. The van der Waals surface area contributed by atoms with Gasteiger partial charge in [0, 0.05) is 19.0 Å². The Balaban J connectivity index is 1.98. The highest BCUT2D eigenvalue weighted by Gasteiger charge is 2.33. The van der Waals surface area contributed by atoms with E-state index in [1.165, 1.54) is 12.8 Å². The summed E-state index contributed by atoms with van der Waals surface area (Å²) in [5.74, 6) is 0.896. The Bertz CT molecular complexity index is 722. The molecule has 3 heterocycles. The number of para-hydroxylation sites is 1. The molecule has 0 saturated carbocycles. The molecule has 1 saturated heterocycles. The molecule has 4 rings (SSSR count). The molecule has 2 aliphatic heterocycles. The van der Waals surface area contributed by atoms with Crippen LogP contribution in [-0.4, -0.2) is 17.5 Å². The van der Waals surface area contributed by atoms with Crippen molar-refractivity contribution in [3.8, 4) is 0 Å². The zero-order chi connectivity index (χ0) is 13.0. The van der Waals surface area contributed by atoms with Crippen LogP contribution in [0.25, 0.3) is 11.0 Å². The summed E-state index contributed by atoms with van der Waals surface area (Å²) >= 11 is 3.47. The minimum absolute atomic E-state index is 0.142. The molecule has 0 spiro atoms. The molecule has 1 fully saturated rings. The Kier molecular flexibility index (Phi) is 2.57. The predicted octanol–water partition coefficient (Wildman–Crippen LogP) is 3.08. The number of fused-ring (bicyclic) bond motifs is 3. The van der Waals surface area contributed by atoms with Gasteiger partial charge in [-0.3, -0.25) is 9.69 Å². The van der Waals surface area contributed by atoms with Gasteiger partial charge in [0.1, 0.15) is 5.76 Å². The van der Waals surface area contributed by atoms with E-state index in [1.54, 1.807) is 0 Å². The number of benzene rings is 1. The van der Waals surface area contributed by atoms with Crippen molar-refractivity contribution in [3.05, 3.63) is 44.2 Å². The standard InChI is InChI=1S/C15H14BrNO2/c16-12-5-1-4-10-14(18)11-8-17-6-2-3-9(17)7-13(11)19-15(10)12/h1,4-5,9H,2-3,6-8H2. The van der Waals surface area contributed by atoms with E-state index in [2.05, 4.69) is 20.8 Å². The maximum absolute atomic E-state index is 12.6. The molecule has 0 bridgehead atoms. The number of hydrogen-bond donors (Lipinski definition) is 0. The summed E-state index contributed by atoms with van der Waals surface area (Å²) in [5, 5.41) is 0.686. The summed E-state index contributed by atoms with van der Waals surface area (Å²) in [4.78, 5) is 15.0. The van der Waals surface area contributed by atoms with Crippen LogP contribution in [0.2, 0.25) is 0 Å². The van der Waals surface area contributed by atoms with Crippen LogP contribution in [0, 0.1) is 0 Å². The van der Waals surface area contributed by atoms with Gasteiger partial charge in [-0.15, -0.1) is 0 Å². The number of halogens is 1. The van der Waals surface area contributed by atoms with Gasteiger partial charge in [-0.2, -0.15) is 0 Å². The van der Waals surface area contributed by atoms with Crippen molar-refractivity contribution in [1.29, 1.82) is 0 Å². The quantitative estimate of drug-likeness (QED) is 0.748. The maximum atomic E-state index is 12.6. The highest BCUT2D eigenvalue weighted by atomic mass is 79.9. The molecule has 0 aliphatic carbocycles. The first-order chi connectivity index (χ1) is 9.24. The number of nitrogens with zero attached hydrogens (tertiary/aromatic N) is 1. The minimum Gasteiger partial charge on any atom is -0.459 e. The maximum Gasteiger partial charge on any atom is 0.197 e. The van der Waals surface area contributed by atoms with Crippen molar-refractivity contribution >= 4 is 26.9 Å². The van der Waals surface area contributed by atoms with Crippen molar-refractivity contribution in [3.63, 3.8) is 0 Å². The molecule has 0 N–H and O–H groups in total. The fourth-order valence-electron chi connectivity index (χ4n) is 3.34. The molecule has 98 valence electrons. The van der Waals surface area contributed by atoms with Gasteiger partial charge in [-0.25, -0.2) is 0 Å². The van der Waals surface area contributed by atoms with Crippen LogP contribution in [0.3, 0.4) is 0 Å². The van der Waals surface area contributed by atoms with E-state index in [1.807, 2.05) is 18.2 Å². The lowest BCUT2D eigenvalue weighted by Crippen LogP contribution is -2.38. The van der Waals surface area contributed by atoms with Crippen molar-refractivity contribution < 1.29 is 4.42 Å². The molecule has 1 unspecified atom stereocenters. The van der Waals surface area contributed by atoms with Gasteiger partial charge >= 0.3 is 0 Å². The van der Waals surface area contributed by atoms with Crippen LogP contribution in [0.15, 0.2) is 31.9 Å². The average molecular weight is 320 g/mol. The Morgan fingerprint density at radius 1 is 1.37 bits per heavy atom. The molecule has 19 heavy (non-hydrogen) atoms. The number of rotatable bonds is 0. The van der Waals surface area contributed by atoms with Crippen LogP contribution in [0.1, 0.15) is 24.2 Å². The summed E-state index contributed by atoms with van der Waals surface area (Å²) in [5.41, 5.74) is 1.70. The van der Waals surface area contributed by atoms with E-state index >= 15 is 0 Å². The molecule has 2 aliphatic rings. The van der Waals surface area contributed by atoms with Gasteiger partial charge in [-0.1, -0.05) is 6.07 Å². The van der Waals surface area contributed by atoms with E-state index in [9.17, 15) is 4.79 Å². The van der Waals surface area contributed by atoms with E-state index in [-0.39, 0.29) is 5.43 Å². The second-order valence-electron chi connectivity index (χ2n) is 5.42. The summed E-state index contributed by atoms with van der Waals surface area (Å²) in [6.45, 7) is 1.87. The van der Waals surface area contributed by atoms with Gasteiger partial charge in [0.05, 0.1) is 15.4 Å². The van der Waals surface area contributed by atoms with Crippen LogP contribution >= 0.6 is 15.9 Å². The highest BCUT2D eigenvalue weighted by Crippen LogP contribution is 2.32. The monoisotopic (exact) mass is 319 g/mol. The Morgan fingerprint density at radius 3 is 3.16 bits per heavy atom. The molecule has 2 aromatic rings. The molecular weight excluding hydrogens is 306 g/mol. The summed E-state index contributed by atoms with van der Waals surface area (Å²) < 4.78 is 6.89. The lowest BCUT2D eigenvalue weighted by molar-refractivity contribution is 0.211. The number of hydrogen-bond acceptors (Lipinski definition) is 3. The second kappa shape index (κ2) is 4.18. The molecule has 4 heteroatoms. The molecule has 3 nitrogen and oxygen atoms in total. The predicted molar refractivity (Wildman–Crippen MR) is 77.3 cm³/mol. The van der Waals surface area contributed by atoms with Crippen LogP contribution in [0.4, 0.5) is 0 Å². The van der Waals surface area contributed by atoms with E-state index in [0.717, 1.165) is 35.3 Å². The van der Waals surface area contributed by atoms with Gasteiger partial charge in [0.25, 0.3) is 0 Å². The smallest absolute Gasteiger partial charge is 0.197 e. The van der Waals surface area contributed by atoms with Crippen molar-refractivity contribution in [1.82, 2.24) is 4.90 Å². The fraction of sp³-hybridized carbons (Fsp3) is 0.400. The van der Waals surface area contributed by atoms with E-state index < -0.39 is 0 Å². The lowest BCUT2D eigenvalue weighted by Gasteiger charge is -2.29. The van der Waals surface area contributed by atoms with Crippen molar-refractivity contribution in [2.24, 2.45) is 0 Å². The Hall–Kier alpha value is -1.13. The van der Waals surface area contributed by atoms with Crippen LogP contribution in [0.5, 0.6) is 0 Å². The van der Waals surface area contributed by atoms with E-state index in [4.69, 9.17) is 4.42 Å². The first kappa shape index (κ1) is 11.7.